The Morgan fingerprint density at radius 2 is 1.67 bits per heavy atom. The van der Waals surface area contributed by atoms with Crippen molar-refractivity contribution in [3.05, 3.63) is 70.3 Å². The van der Waals surface area contributed by atoms with Crippen LogP contribution in [0, 0.1) is 0 Å². The number of halogens is 2. The highest BCUT2D eigenvalue weighted by atomic mass is 19.3. The summed E-state index contributed by atoms with van der Waals surface area (Å²) in [6.45, 7) is 1.39. The van der Waals surface area contributed by atoms with Gasteiger partial charge in [0.25, 0.3) is 5.91 Å². The number of aliphatic hydroxyl groups is 2. The molecule has 0 spiro atoms. The lowest BCUT2D eigenvalue weighted by atomic mass is 9.91. The van der Waals surface area contributed by atoms with E-state index in [2.05, 4.69) is 15.6 Å². The van der Waals surface area contributed by atoms with E-state index >= 15 is 0 Å². The van der Waals surface area contributed by atoms with Crippen molar-refractivity contribution in [3.63, 3.8) is 0 Å². The smallest absolute Gasteiger partial charge is 0.351 e. The molecule has 2 aliphatic rings. The standard InChI is InChI=1S/C32H36F2N4O10/c33-32(34)29(42)24(18-39)48-30(32)38-10-8-25(37-31(38)43)36-26(41)19-47-17-16-46-15-14-45-13-12-44-11-9-35-22-6-4-20-2-1-3-21-5-7-23(40)28(22)27(20)21/h1-8,10,24,29-30,35,39,42H,9,11-19H2,(H,36,37,41,43)/t24-,29+,30-/m0/s1. The normalized spacial score (nSPS) is 19.6. The van der Waals surface area contributed by atoms with E-state index < -0.39 is 42.6 Å². The van der Waals surface area contributed by atoms with E-state index in [-0.39, 0.29) is 31.4 Å². The Bertz CT molecular complexity index is 1680. The number of carbonyl (C=O) groups is 2. The van der Waals surface area contributed by atoms with Gasteiger partial charge in [0.1, 0.15) is 18.5 Å². The van der Waals surface area contributed by atoms with Crippen LogP contribution in [0.25, 0.3) is 16.8 Å². The SMILES string of the molecule is O=C(COCCOCCOCCOCCNc1ccc2cccc3c2c1C(=O)C=C3)Nc1ccn([C@H]2O[C@@H](CO)[C@@H](O)C2(F)F)c(=O)n1. The van der Waals surface area contributed by atoms with Crippen LogP contribution in [-0.4, -0.2) is 116 Å². The van der Waals surface area contributed by atoms with Gasteiger partial charge in [-0.25, -0.2) is 4.79 Å². The average molecular weight is 675 g/mol. The summed E-state index contributed by atoms with van der Waals surface area (Å²) in [5, 5.41) is 26.3. The zero-order valence-corrected chi connectivity index (χ0v) is 25.8. The van der Waals surface area contributed by atoms with Crippen molar-refractivity contribution < 1.29 is 52.3 Å². The second-order valence-electron chi connectivity index (χ2n) is 10.8. The van der Waals surface area contributed by atoms with Crippen molar-refractivity contribution in [1.29, 1.82) is 0 Å². The van der Waals surface area contributed by atoms with Gasteiger partial charge in [0.2, 0.25) is 6.23 Å². The van der Waals surface area contributed by atoms with Gasteiger partial charge in [-0.1, -0.05) is 30.3 Å². The molecule has 1 fully saturated rings. The van der Waals surface area contributed by atoms with Gasteiger partial charge in [0.15, 0.2) is 11.9 Å². The molecule has 5 rings (SSSR count). The summed E-state index contributed by atoms with van der Waals surface area (Å²) in [6, 6.07) is 11.0. The minimum Gasteiger partial charge on any atom is -0.394 e. The highest BCUT2D eigenvalue weighted by Gasteiger charge is 2.59. The van der Waals surface area contributed by atoms with Crippen LogP contribution in [-0.2, 0) is 28.5 Å². The number of amides is 1. The Kier molecular flexibility index (Phi) is 11.9. The van der Waals surface area contributed by atoms with E-state index in [0.717, 1.165) is 34.3 Å². The van der Waals surface area contributed by atoms with Gasteiger partial charge in [-0.2, -0.15) is 13.8 Å². The molecule has 258 valence electrons. The first-order chi connectivity index (χ1) is 23.2. The number of hydrogen-bond donors (Lipinski definition) is 4. The predicted molar refractivity (Wildman–Crippen MR) is 168 cm³/mol. The molecule has 0 bridgehead atoms. The molecule has 14 nitrogen and oxygen atoms in total. The molecule has 0 saturated carbocycles. The average Bonchev–Trinajstić information content (AvgIpc) is 3.30. The van der Waals surface area contributed by atoms with Crippen molar-refractivity contribution in [2.45, 2.75) is 24.4 Å². The van der Waals surface area contributed by atoms with Crippen molar-refractivity contribution in [3.8, 4) is 0 Å². The molecular weight excluding hydrogens is 638 g/mol. The lowest BCUT2D eigenvalue weighted by Crippen LogP contribution is -2.41. The number of anilines is 2. The second kappa shape index (κ2) is 16.3. The van der Waals surface area contributed by atoms with Crippen LogP contribution >= 0.6 is 0 Å². The molecule has 2 heterocycles. The number of carbonyl (C=O) groups excluding carboxylic acids is 2. The topological polar surface area (TPSA) is 180 Å². The van der Waals surface area contributed by atoms with Crippen molar-refractivity contribution in [1.82, 2.24) is 9.55 Å². The third-order valence-corrected chi connectivity index (χ3v) is 7.56. The Balaban J connectivity index is 0.880. The Labute approximate surface area is 273 Å². The third kappa shape index (κ3) is 8.27. The van der Waals surface area contributed by atoms with Crippen LogP contribution in [0.1, 0.15) is 22.1 Å². The fourth-order valence-corrected chi connectivity index (χ4v) is 5.24. The molecule has 1 saturated heterocycles. The number of ketones is 1. The first-order valence-corrected chi connectivity index (χ1v) is 15.2. The molecule has 1 amide bonds. The van der Waals surface area contributed by atoms with Crippen molar-refractivity contribution in [2.75, 3.05) is 76.6 Å². The van der Waals surface area contributed by atoms with E-state index in [1.807, 2.05) is 36.4 Å². The van der Waals surface area contributed by atoms with Gasteiger partial charge in [-0.05, 0) is 29.2 Å². The summed E-state index contributed by atoms with van der Waals surface area (Å²) >= 11 is 0. The van der Waals surface area contributed by atoms with Crippen LogP contribution in [0.15, 0.2) is 53.5 Å². The van der Waals surface area contributed by atoms with Crippen molar-refractivity contribution in [2.24, 2.45) is 0 Å². The summed E-state index contributed by atoms with van der Waals surface area (Å²) in [4.78, 5) is 40.5. The molecule has 3 atom stereocenters. The fourth-order valence-electron chi connectivity index (χ4n) is 5.24. The van der Waals surface area contributed by atoms with Gasteiger partial charge >= 0.3 is 11.6 Å². The van der Waals surface area contributed by atoms with Gasteiger partial charge in [-0.3, -0.25) is 14.2 Å². The number of allylic oxidation sites excluding steroid dienone is 1. The number of hydrogen-bond acceptors (Lipinski definition) is 12. The fraction of sp³-hybridized carbons (Fsp3) is 0.438. The van der Waals surface area contributed by atoms with E-state index in [1.54, 1.807) is 6.08 Å². The van der Waals surface area contributed by atoms with Crippen LogP contribution in [0.4, 0.5) is 20.3 Å². The quantitative estimate of drug-likeness (QED) is 0.144. The largest absolute Gasteiger partial charge is 0.394 e. The zero-order chi connectivity index (χ0) is 34.1. The molecule has 1 aliphatic carbocycles. The minimum absolute atomic E-state index is 0.0253. The number of aromatic nitrogens is 2. The number of benzene rings is 2. The third-order valence-electron chi connectivity index (χ3n) is 7.56. The van der Waals surface area contributed by atoms with E-state index in [4.69, 9.17) is 28.8 Å². The molecule has 4 N–H and O–H groups in total. The first-order valence-electron chi connectivity index (χ1n) is 15.2. The lowest BCUT2D eigenvalue weighted by molar-refractivity contribution is -0.141. The molecule has 48 heavy (non-hydrogen) atoms. The number of nitrogens with zero attached hydrogens (tertiary/aromatic N) is 2. The Hall–Kier alpha value is -4.16. The number of rotatable bonds is 18. The summed E-state index contributed by atoms with van der Waals surface area (Å²) in [6.07, 6.45) is -1.67. The first kappa shape index (κ1) is 35.2. The van der Waals surface area contributed by atoms with Crippen molar-refractivity contribution >= 4 is 40.0 Å². The van der Waals surface area contributed by atoms with Crippen LogP contribution in [0.5, 0.6) is 0 Å². The minimum atomic E-state index is -3.85. The van der Waals surface area contributed by atoms with Gasteiger partial charge in [0, 0.05) is 23.8 Å². The number of aliphatic hydroxyl groups excluding tert-OH is 2. The van der Waals surface area contributed by atoms with Gasteiger partial charge in [0.05, 0.1) is 58.4 Å². The Morgan fingerprint density at radius 3 is 2.35 bits per heavy atom. The van der Waals surface area contributed by atoms with Crippen LogP contribution < -0.4 is 16.3 Å². The predicted octanol–water partition coefficient (Wildman–Crippen LogP) is 1.61. The maximum Gasteiger partial charge on any atom is 0.351 e. The highest BCUT2D eigenvalue weighted by Crippen LogP contribution is 2.42. The van der Waals surface area contributed by atoms with Gasteiger partial charge in [-0.15, -0.1) is 0 Å². The summed E-state index contributed by atoms with van der Waals surface area (Å²) in [5.41, 5.74) is 1.32. The van der Waals surface area contributed by atoms with Gasteiger partial charge < -0.3 is 44.5 Å². The lowest BCUT2D eigenvalue weighted by Gasteiger charge is -2.21. The van der Waals surface area contributed by atoms with E-state index in [9.17, 15) is 28.3 Å². The molecule has 1 aliphatic heterocycles. The van der Waals surface area contributed by atoms with E-state index in [1.165, 1.54) is 0 Å². The maximum atomic E-state index is 14.3. The number of nitrogens with one attached hydrogen (secondary N) is 2. The zero-order valence-electron chi connectivity index (χ0n) is 25.8. The molecule has 3 aromatic rings. The molecule has 2 aromatic carbocycles. The summed E-state index contributed by atoms with van der Waals surface area (Å²) in [5.74, 6) is -4.70. The maximum absolute atomic E-state index is 14.3. The Morgan fingerprint density at radius 1 is 0.958 bits per heavy atom. The molecule has 1 aromatic heterocycles. The van der Waals surface area contributed by atoms with E-state index in [0.29, 0.717) is 49.7 Å². The summed E-state index contributed by atoms with van der Waals surface area (Å²) in [7, 11) is 0. The number of alkyl halides is 2. The van der Waals surface area contributed by atoms with Crippen LogP contribution in [0.2, 0.25) is 0 Å². The molecule has 0 radical (unpaired) electrons. The molecule has 16 heteroatoms. The summed E-state index contributed by atoms with van der Waals surface area (Å²) < 4.78 is 55.7. The molecular formula is C32H36F2N4O10. The monoisotopic (exact) mass is 674 g/mol. The highest BCUT2D eigenvalue weighted by molar-refractivity contribution is 6.23. The number of ether oxygens (including phenoxy) is 5. The van der Waals surface area contributed by atoms with Crippen LogP contribution in [0.3, 0.4) is 0 Å². The second-order valence-corrected chi connectivity index (χ2v) is 10.8. The molecule has 0 unspecified atom stereocenters.